The van der Waals surface area contributed by atoms with Crippen molar-refractivity contribution >= 4 is 21.7 Å². The Morgan fingerprint density at radius 2 is 1.85 bits per heavy atom. The Balaban J connectivity index is 1.87. The fourth-order valence-corrected chi connectivity index (χ4v) is 3.04. The SMILES string of the molecule is COC1CN(CCC(=O)c2ccccc2Br)CC1OC. The van der Waals surface area contributed by atoms with E-state index in [2.05, 4.69) is 20.8 Å². The Morgan fingerprint density at radius 1 is 1.25 bits per heavy atom. The van der Waals surface area contributed by atoms with Gasteiger partial charge in [0.05, 0.1) is 12.2 Å². The minimum Gasteiger partial charge on any atom is -0.377 e. The molecule has 0 bridgehead atoms. The molecule has 0 radical (unpaired) electrons. The van der Waals surface area contributed by atoms with Gasteiger partial charge in [-0.25, -0.2) is 0 Å². The number of carbonyl (C=O) groups is 1. The first-order valence-corrected chi connectivity index (χ1v) is 7.50. The third kappa shape index (κ3) is 3.67. The molecule has 1 heterocycles. The number of ketones is 1. The lowest BCUT2D eigenvalue weighted by Gasteiger charge is -2.14. The standard InChI is InChI=1S/C15H20BrNO3/c1-19-14-9-17(10-15(14)20-2)8-7-13(18)11-5-3-4-6-12(11)16/h3-6,14-15H,7-10H2,1-2H3. The molecule has 5 heteroatoms. The van der Waals surface area contributed by atoms with E-state index in [4.69, 9.17) is 9.47 Å². The molecule has 2 unspecified atom stereocenters. The van der Waals surface area contributed by atoms with Crippen LogP contribution in [0, 0.1) is 0 Å². The quantitative estimate of drug-likeness (QED) is 0.744. The van der Waals surface area contributed by atoms with Gasteiger partial charge in [-0.05, 0) is 6.07 Å². The van der Waals surface area contributed by atoms with Crippen molar-refractivity contribution in [2.45, 2.75) is 18.6 Å². The zero-order valence-corrected chi connectivity index (χ0v) is 13.4. The minimum absolute atomic E-state index is 0.0959. The van der Waals surface area contributed by atoms with Crippen LogP contribution in [0.2, 0.25) is 0 Å². The molecule has 0 N–H and O–H groups in total. The lowest BCUT2D eigenvalue weighted by molar-refractivity contribution is -0.00461. The van der Waals surface area contributed by atoms with E-state index in [0.717, 1.165) is 29.7 Å². The van der Waals surface area contributed by atoms with Crippen LogP contribution in [0.25, 0.3) is 0 Å². The number of benzene rings is 1. The van der Waals surface area contributed by atoms with Crippen LogP contribution < -0.4 is 0 Å². The maximum Gasteiger partial charge on any atom is 0.165 e. The highest BCUT2D eigenvalue weighted by Gasteiger charge is 2.32. The zero-order chi connectivity index (χ0) is 14.5. The molecular weight excluding hydrogens is 322 g/mol. The van der Waals surface area contributed by atoms with Gasteiger partial charge in [-0.3, -0.25) is 9.69 Å². The number of hydrogen-bond donors (Lipinski definition) is 0. The number of rotatable bonds is 6. The average Bonchev–Trinajstić information content (AvgIpc) is 2.87. The second-order valence-corrected chi connectivity index (χ2v) is 5.82. The normalized spacial score (nSPS) is 23.1. The number of ether oxygens (including phenoxy) is 2. The largest absolute Gasteiger partial charge is 0.377 e. The van der Waals surface area contributed by atoms with Crippen LogP contribution in [0.3, 0.4) is 0 Å². The summed E-state index contributed by atoms with van der Waals surface area (Å²) in [6.07, 6.45) is 0.701. The second kappa shape index (κ2) is 7.31. The van der Waals surface area contributed by atoms with E-state index >= 15 is 0 Å². The average molecular weight is 342 g/mol. The Labute approximate surface area is 128 Å². The van der Waals surface area contributed by atoms with E-state index in [1.807, 2.05) is 24.3 Å². The number of Topliss-reactive ketones (excluding diaryl/α,β-unsaturated/α-hetero) is 1. The first-order valence-electron chi connectivity index (χ1n) is 6.71. The van der Waals surface area contributed by atoms with E-state index in [1.165, 1.54) is 0 Å². The second-order valence-electron chi connectivity index (χ2n) is 4.96. The molecule has 0 spiro atoms. The van der Waals surface area contributed by atoms with Gasteiger partial charge in [-0.2, -0.15) is 0 Å². The van der Waals surface area contributed by atoms with Crippen molar-refractivity contribution in [1.82, 2.24) is 4.90 Å². The monoisotopic (exact) mass is 341 g/mol. The van der Waals surface area contributed by atoms with Crippen LogP contribution in [0.15, 0.2) is 28.7 Å². The van der Waals surface area contributed by atoms with Crippen molar-refractivity contribution in [2.75, 3.05) is 33.9 Å². The van der Waals surface area contributed by atoms with E-state index in [9.17, 15) is 4.79 Å². The van der Waals surface area contributed by atoms with E-state index < -0.39 is 0 Å². The minimum atomic E-state index is 0.0959. The fraction of sp³-hybridized carbons (Fsp3) is 0.533. The molecule has 1 saturated heterocycles. The van der Waals surface area contributed by atoms with Crippen molar-refractivity contribution < 1.29 is 14.3 Å². The first-order chi connectivity index (χ1) is 9.65. The van der Waals surface area contributed by atoms with Crippen LogP contribution in [0.1, 0.15) is 16.8 Å². The lowest BCUT2D eigenvalue weighted by Crippen LogP contribution is -2.27. The van der Waals surface area contributed by atoms with Crippen molar-refractivity contribution in [3.8, 4) is 0 Å². The van der Waals surface area contributed by atoms with Gasteiger partial charge >= 0.3 is 0 Å². The molecule has 2 rings (SSSR count). The Kier molecular flexibility index (Phi) is 5.72. The molecule has 0 amide bonds. The van der Waals surface area contributed by atoms with Gasteiger partial charge in [0.15, 0.2) is 5.78 Å². The van der Waals surface area contributed by atoms with Gasteiger partial charge < -0.3 is 9.47 Å². The Morgan fingerprint density at radius 3 is 2.40 bits per heavy atom. The summed E-state index contributed by atoms with van der Waals surface area (Å²) in [5, 5.41) is 0. The van der Waals surface area contributed by atoms with Crippen LogP contribution in [-0.4, -0.2) is 56.7 Å². The highest BCUT2D eigenvalue weighted by Crippen LogP contribution is 2.19. The van der Waals surface area contributed by atoms with Gasteiger partial charge in [-0.1, -0.05) is 34.1 Å². The molecule has 0 saturated carbocycles. The smallest absolute Gasteiger partial charge is 0.165 e. The highest BCUT2D eigenvalue weighted by atomic mass is 79.9. The van der Waals surface area contributed by atoms with Crippen LogP contribution >= 0.6 is 15.9 Å². The lowest BCUT2D eigenvalue weighted by atomic mass is 10.1. The molecule has 2 atom stereocenters. The predicted molar refractivity (Wildman–Crippen MR) is 81.1 cm³/mol. The van der Waals surface area contributed by atoms with E-state index in [-0.39, 0.29) is 18.0 Å². The number of nitrogens with zero attached hydrogens (tertiary/aromatic N) is 1. The van der Waals surface area contributed by atoms with Gasteiger partial charge in [0.1, 0.15) is 0 Å². The first kappa shape index (κ1) is 15.6. The summed E-state index contributed by atoms with van der Waals surface area (Å²) < 4.78 is 11.7. The number of methoxy groups -OCH3 is 2. The molecule has 1 aromatic carbocycles. The van der Waals surface area contributed by atoms with Gasteiger partial charge in [-0.15, -0.1) is 0 Å². The fourth-order valence-electron chi connectivity index (χ4n) is 2.54. The van der Waals surface area contributed by atoms with Crippen LogP contribution in [-0.2, 0) is 9.47 Å². The molecule has 110 valence electrons. The van der Waals surface area contributed by atoms with Crippen molar-refractivity contribution in [3.05, 3.63) is 34.3 Å². The van der Waals surface area contributed by atoms with Gasteiger partial charge in [0.25, 0.3) is 0 Å². The summed E-state index contributed by atoms with van der Waals surface area (Å²) in [7, 11) is 3.40. The molecular formula is C15H20BrNO3. The molecule has 20 heavy (non-hydrogen) atoms. The number of hydrogen-bond acceptors (Lipinski definition) is 4. The molecule has 1 aliphatic heterocycles. The third-order valence-electron chi connectivity index (χ3n) is 3.73. The summed E-state index contributed by atoms with van der Waals surface area (Å²) in [6, 6.07) is 7.54. The Bertz CT molecular complexity index is 454. The maximum absolute atomic E-state index is 12.2. The Hall–Kier alpha value is -0.750. The maximum atomic E-state index is 12.2. The van der Waals surface area contributed by atoms with E-state index in [1.54, 1.807) is 14.2 Å². The van der Waals surface area contributed by atoms with Crippen molar-refractivity contribution in [2.24, 2.45) is 0 Å². The highest BCUT2D eigenvalue weighted by molar-refractivity contribution is 9.10. The molecule has 0 aliphatic carbocycles. The molecule has 1 aliphatic rings. The molecule has 0 aromatic heterocycles. The summed E-state index contributed by atoms with van der Waals surface area (Å²) in [5.41, 5.74) is 0.748. The summed E-state index contributed by atoms with van der Waals surface area (Å²) in [5.74, 6) is 0.160. The molecule has 1 aromatic rings. The van der Waals surface area contributed by atoms with Gasteiger partial charge in [0, 0.05) is 50.3 Å². The molecule has 4 nitrogen and oxygen atoms in total. The van der Waals surface area contributed by atoms with E-state index in [0.29, 0.717) is 6.42 Å². The zero-order valence-electron chi connectivity index (χ0n) is 11.8. The predicted octanol–water partition coefficient (Wildman–Crippen LogP) is 2.37. The topological polar surface area (TPSA) is 38.8 Å². The van der Waals surface area contributed by atoms with Crippen molar-refractivity contribution in [3.63, 3.8) is 0 Å². The van der Waals surface area contributed by atoms with Gasteiger partial charge in [0.2, 0.25) is 0 Å². The summed E-state index contributed by atoms with van der Waals surface area (Å²) in [4.78, 5) is 14.4. The van der Waals surface area contributed by atoms with Crippen LogP contribution in [0.5, 0.6) is 0 Å². The number of likely N-dealkylation sites (tertiary alicyclic amines) is 1. The number of carbonyl (C=O) groups excluding carboxylic acids is 1. The van der Waals surface area contributed by atoms with Crippen molar-refractivity contribution in [1.29, 1.82) is 0 Å². The summed E-state index contributed by atoms with van der Waals surface area (Å²) in [6.45, 7) is 2.37. The van der Waals surface area contributed by atoms with Crippen LogP contribution in [0.4, 0.5) is 0 Å². The summed E-state index contributed by atoms with van der Waals surface area (Å²) >= 11 is 3.42. The number of halogens is 1. The molecule has 1 fully saturated rings. The third-order valence-corrected chi connectivity index (χ3v) is 4.42.